The van der Waals surface area contributed by atoms with Gasteiger partial charge in [-0.15, -0.1) is 0 Å². The Kier molecular flexibility index (Phi) is 6.61. The molecular weight excluding hydrogens is 300 g/mol. The SMILES string of the molecule is CCCNc1cc(C(=O)Nc2ccc(N(CC)CC)cc2)ccn1. The van der Waals surface area contributed by atoms with Gasteiger partial charge >= 0.3 is 0 Å². The second-order valence-electron chi connectivity index (χ2n) is 5.53. The van der Waals surface area contributed by atoms with Crippen molar-refractivity contribution in [1.82, 2.24) is 4.98 Å². The number of pyridine rings is 1. The first kappa shape index (κ1) is 17.8. The molecule has 0 atom stereocenters. The van der Waals surface area contributed by atoms with Crippen LogP contribution >= 0.6 is 0 Å². The first-order chi connectivity index (χ1) is 11.7. The van der Waals surface area contributed by atoms with Crippen LogP contribution in [0.25, 0.3) is 0 Å². The lowest BCUT2D eigenvalue weighted by Crippen LogP contribution is -2.21. The van der Waals surface area contributed by atoms with E-state index in [0.29, 0.717) is 5.56 Å². The number of nitrogens with zero attached hydrogens (tertiary/aromatic N) is 2. The lowest BCUT2D eigenvalue weighted by molar-refractivity contribution is 0.102. The lowest BCUT2D eigenvalue weighted by atomic mass is 10.2. The number of nitrogens with one attached hydrogen (secondary N) is 2. The summed E-state index contributed by atoms with van der Waals surface area (Å²) in [7, 11) is 0. The number of amides is 1. The van der Waals surface area contributed by atoms with E-state index in [-0.39, 0.29) is 5.91 Å². The molecule has 0 saturated heterocycles. The third-order valence-corrected chi connectivity index (χ3v) is 3.83. The summed E-state index contributed by atoms with van der Waals surface area (Å²) in [6, 6.07) is 11.4. The van der Waals surface area contributed by atoms with Crippen molar-refractivity contribution in [2.45, 2.75) is 27.2 Å². The number of hydrogen-bond acceptors (Lipinski definition) is 4. The van der Waals surface area contributed by atoms with Crippen LogP contribution in [-0.4, -0.2) is 30.5 Å². The molecule has 0 aliphatic heterocycles. The Morgan fingerprint density at radius 2 is 1.79 bits per heavy atom. The molecule has 5 heteroatoms. The standard InChI is InChI=1S/C19H26N4O/c1-4-12-20-18-14-15(11-13-21-18)19(24)22-16-7-9-17(10-8-16)23(5-2)6-3/h7-11,13-14H,4-6,12H2,1-3H3,(H,20,21)(H,22,24). The number of carbonyl (C=O) groups excluding carboxylic acids is 1. The molecule has 0 radical (unpaired) electrons. The number of carbonyl (C=O) groups is 1. The minimum atomic E-state index is -0.132. The summed E-state index contributed by atoms with van der Waals surface area (Å²) in [4.78, 5) is 18.9. The first-order valence-electron chi connectivity index (χ1n) is 8.54. The summed E-state index contributed by atoms with van der Waals surface area (Å²) in [6.07, 6.45) is 2.66. The molecular formula is C19H26N4O. The molecule has 1 heterocycles. The number of aromatic nitrogens is 1. The molecule has 128 valence electrons. The van der Waals surface area contributed by atoms with Crippen molar-refractivity contribution >= 4 is 23.1 Å². The van der Waals surface area contributed by atoms with E-state index in [1.807, 2.05) is 24.3 Å². The average Bonchev–Trinajstić information content (AvgIpc) is 2.62. The van der Waals surface area contributed by atoms with Crippen LogP contribution in [0.5, 0.6) is 0 Å². The van der Waals surface area contributed by atoms with Crippen LogP contribution in [-0.2, 0) is 0 Å². The lowest BCUT2D eigenvalue weighted by Gasteiger charge is -2.21. The molecule has 0 unspecified atom stereocenters. The quantitative estimate of drug-likeness (QED) is 0.770. The molecule has 0 bridgehead atoms. The van der Waals surface area contributed by atoms with Gasteiger partial charge in [0.2, 0.25) is 0 Å². The van der Waals surface area contributed by atoms with Crippen LogP contribution in [0.4, 0.5) is 17.2 Å². The zero-order chi connectivity index (χ0) is 17.4. The summed E-state index contributed by atoms with van der Waals surface area (Å²) in [5, 5.41) is 6.12. The van der Waals surface area contributed by atoms with E-state index >= 15 is 0 Å². The molecule has 0 aliphatic rings. The van der Waals surface area contributed by atoms with E-state index in [0.717, 1.165) is 43.2 Å². The summed E-state index contributed by atoms with van der Waals surface area (Å²) < 4.78 is 0. The van der Waals surface area contributed by atoms with Gasteiger partial charge in [-0.25, -0.2) is 4.98 Å². The van der Waals surface area contributed by atoms with Crippen molar-refractivity contribution in [2.24, 2.45) is 0 Å². The molecule has 0 saturated carbocycles. The van der Waals surface area contributed by atoms with Gasteiger partial charge in [-0.2, -0.15) is 0 Å². The highest BCUT2D eigenvalue weighted by molar-refractivity contribution is 6.04. The Hall–Kier alpha value is -2.56. The molecule has 1 aromatic carbocycles. The maximum atomic E-state index is 12.4. The van der Waals surface area contributed by atoms with Crippen LogP contribution < -0.4 is 15.5 Å². The molecule has 2 aromatic rings. The third-order valence-electron chi connectivity index (χ3n) is 3.83. The van der Waals surface area contributed by atoms with Gasteiger partial charge in [-0.05, 0) is 56.7 Å². The van der Waals surface area contributed by atoms with Crippen LogP contribution in [0, 0.1) is 0 Å². The average molecular weight is 326 g/mol. The molecule has 0 fully saturated rings. The number of anilines is 3. The van der Waals surface area contributed by atoms with Crippen molar-refractivity contribution in [2.75, 3.05) is 35.2 Å². The third kappa shape index (κ3) is 4.72. The minimum Gasteiger partial charge on any atom is -0.372 e. The highest BCUT2D eigenvalue weighted by atomic mass is 16.1. The Balaban J connectivity index is 2.04. The van der Waals surface area contributed by atoms with Gasteiger partial charge in [0.1, 0.15) is 5.82 Å². The molecule has 0 spiro atoms. The van der Waals surface area contributed by atoms with Crippen LogP contribution in [0.15, 0.2) is 42.6 Å². The van der Waals surface area contributed by atoms with Crippen molar-refractivity contribution in [3.8, 4) is 0 Å². The number of benzene rings is 1. The van der Waals surface area contributed by atoms with E-state index < -0.39 is 0 Å². The second-order valence-corrected chi connectivity index (χ2v) is 5.53. The Morgan fingerprint density at radius 3 is 2.42 bits per heavy atom. The summed E-state index contributed by atoms with van der Waals surface area (Å²) in [6.45, 7) is 9.12. The van der Waals surface area contributed by atoms with Gasteiger partial charge < -0.3 is 15.5 Å². The smallest absolute Gasteiger partial charge is 0.255 e. The number of hydrogen-bond donors (Lipinski definition) is 2. The fraction of sp³-hybridized carbons (Fsp3) is 0.368. The van der Waals surface area contributed by atoms with Crippen molar-refractivity contribution < 1.29 is 4.79 Å². The van der Waals surface area contributed by atoms with E-state index in [2.05, 4.69) is 41.3 Å². The zero-order valence-corrected chi connectivity index (χ0v) is 14.7. The molecule has 1 amide bonds. The Bertz CT molecular complexity index is 651. The van der Waals surface area contributed by atoms with Crippen LogP contribution in [0.2, 0.25) is 0 Å². The molecule has 0 aliphatic carbocycles. The molecule has 24 heavy (non-hydrogen) atoms. The maximum absolute atomic E-state index is 12.4. The monoisotopic (exact) mass is 326 g/mol. The summed E-state index contributed by atoms with van der Waals surface area (Å²) in [5.74, 6) is 0.592. The zero-order valence-electron chi connectivity index (χ0n) is 14.7. The number of rotatable bonds is 8. The molecule has 2 rings (SSSR count). The van der Waals surface area contributed by atoms with E-state index in [9.17, 15) is 4.79 Å². The van der Waals surface area contributed by atoms with Gasteiger partial charge in [0, 0.05) is 42.8 Å². The van der Waals surface area contributed by atoms with Gasteiger partial charge in [0.15, 0.2) is 0 Å². The first-order valence-corrected chi connectivity index (χ1v) is 8.54. The maximum Gasteiger partial charge on any atom is 0.255 e. The predicted octanol–water partition coefficient (Wildman–Crippen LogP) is 4.00. The highest BCUT2D eigenvalue weighted by Crippen LogP contribution is 2.18. The van der Waals surface area contributed by atoms with Crippen LogP contribution in [0.3, 0.4) is 0 Å². The Morgan fingerprint density at radius 1 is 1.08 bits per heavy atom. The molecule has 5 nitrogen and oxygen atoms in total. The largest absolute Gasteiger partial charge is 0.372 e. The van der Waals surface area contributed by atoms with Crippen molar-refractivity contribution in [3.05, 3.63) is 48.2 Å². The minimum absolute atomic E-state index is 0.132. The fourth-order valence-corrected chi connectivity index (χ4v) is 2.47. The van der Waals surface area contributed by atoms with E-state index in [4.69, 9.17) is 0 Å². The van der Waals surface area contributed by atoms with E-state index in [1.54, 1.807) is 18.3 Å². The topological polar surface area (TPSA) is 57.3 Å². The second kappa shape index (κ2) is 8.91. The fourth-order valence-electron chi connectivity index (χ4n) is 2.47. The van der Waals surface area contributed by atoms with Gasteiger partial charge in [0.25, 0.3) is 5.91 Å². The highest BCUT2D eigenvalue weighted by Gasteiger charge is 2.08. The Labute approximate surface area is 144 Å². The van der Waals surface area contributed by atoms with Crippen molar-refractivity contribution in [1.29, 1.82) is 0 Å². The van der Waals surface area contributed by atoms with E-state index in [1.165, 1.54) is 0 Å². The molecule has 2 N–H and O–H groups in total. The molecule has 1 aromatic heterocycles. The van der Waals surface area contributed by atoms with Gasteiger partial charge in [-0.3, -0.25) is 4.79 Å². The van der Waals surface area contributed by atoms with Crippen LogP contribution in [0.1, 0.15) is 37.6 Å². The van der Waals surface area contributed by atoms with Gasteiger partial charge in [0.05, 0.1) is 0 Å². The normalized spacial score (nSPS) is 10.3. The summed E-state index contributed by atoms with van der Waals surface area (Å²) >= 11 is 0. The van der Waals surface area contributed by atoms with Gasteiger partial charge in [-0.1, -0.05) is 6.92 Å². The summed E-state index contributed by atoms with van der Waals surface area (Å²) in [5.41, 5.74) is 2.54. The predicted molar refractivity (Wildman–Crippen MR) is 101 cm³/mol. The van der Waals surface area contributed by atoms with Crippen molar-refractivity contribution in [3.63, 3.8) is 0 Å².